The van der Waals surface area contributed by atoms with Crippen LogP contribution in [-0.2, 0) is 13.2 Å². The van der Waals surface area contributed by atoms with Gasteiger partial charge < -0.3 is 15.2 Å². The van der Waals surface area contributed by atoms with Gasteiger partial charge >= 0.3 is 5.97 Å². The van der Waals surface area contributed by atoms with Crippen molar-refractivity contribution in [3.63, 3.8) is 0 Å². The highest BCUT2D eigenvalue weighted by molar-refractivity contribution is 9.10. The Morgan fingerprint density at radius 3 is 2.54 bits per heavy atom. The summed E-state index contributed by atoms with van der Waals surface area (Å²) in [7, 11) is 0. The fourth-order valence-electron chi connectivity index (χ4n) is 2.86. The van der Waals surface area contributed by atoms with Crippen LogP contribution in [0.15, 0.2) is 65.1 Å². The number of aryl methyl sites for hydroxylation is 1. The molecule has 144 valence electrons. The Morgan fingerprint density at radius 1 is 1.07 bits per heavy atom. The summed E-state index contributed by atoms with van der Waals surface area (Å²) in [5, 5.41) is 12.5. The van der Waals surface area contributed by atoms with Gasteiger partial charge in [0.2, 0.25) is 0 Å². The van der Waals surface area contributed by atoms with Crippen LogP contribution in [0.1, 0.15) is 32.6 Å². The van der Waals surface area contributed by atoms with E-state index >= 15 is 0 Å². The molecule has 0 fully saturated rings. The van der Waals surface area contributed by atoms with E-state index in [1.165, 1.54) is 11.1 Å². The predicted molar refractivity (Wildman–Crippen MR) is 115 cm³/mol. The second kappa shape index (κ2) is 8.93. The number of halogens is 1. The molecule has 5 heteroatoms. The molecule has 0 saturated carbocycles. The van der Waals surface area contributed by atoms with E-state index in [9.17, 15) is 4.79 Å². The number of rotatable bonds is 7. The molecule has 0 unspecified atom stereocenters. The smallest absolute Gasteiger partial charge is 0.335 e. The van der Waals surface area contributed by atoms with E-state index in [-0.39, 0.29) is 5.56 Å². The maximum Gasteiger partial charge on any atom is 0.335 e. The zero-order chi connectivity index (χ0) is 20.1. The lowest BCUT2D eigenvalue weighted by Gasteiger charge is -2.15. The number of carboxylic acids is 1. The molecule has 3 aromatic rings. The van der Waals surface area contributed by atoms with E-state index in [1.54, 1.807) is 24.3 Å². The zero-order valence-electron chi connectivity index (χ0n) is 15.8. The van der Waals surface area contributed by atoms with Gasteiger partial charge in [0.15, 0.2) is 0 Å². The molecule has 0 aliphatic rings. The number of carboxylic acid groups (broad SMARTS) is 1. The van der Waals surface area contributed by atoms with Crippen molar-refractivity contribution >= 4 is 27.6 Å². The molecule has 0 saturated heterocycles. The van der Waals surface area contributed by atoms with Gasteiger partial charge in [0, 0.05) is 22.3 Å². The van der Waals surface area contributed by atoms with Gasteiger partial charge in [-0.05, 0) is 66.9 Å². The molecule has 0 bridgehead atoms. The van der Waals surface area contributed by atoms with Gasteiger partial charge in [-0.3, -0.25) is 0 Å². The van der Waals surface area contributed by atoms with Gasteiger partial charge in [0.25, 0.3) is 0 Å². The summed E-state index contributed by atoms with van der Waals surface area (Å²) < 4.78 is 7.00. The number of nitrogens with one attached hydrogen (secondary N) is 1. The molecule has 0 aromatic heterocycles. The Labute approximate surface area is 173 Å². The lowest BCUT2D eigenvalue weighted by atomic mass is 10.1. The van der Waals surface area contributed by atoms with E-state index in [0.29, 0.717) is 13.2 Å². The third-order valence-corrected chi connectivity index (χ3v) is 5.18. The molecule has 3 rings (SSSR count). The Morgan fingerprint density at radius 2 is 1.82 bits per heavy atom. The lowest BCUT2D eigenvalue weighted by molar-refractivity contribution is 0.0697. The van der Waals surface area contributed by atoms with Crippen LogP contribution in [0.25, 0.3) is 0 Å². The van der Waals surface area contributed by atoms with E-state index in [4.69, 9.17) is 9.84 Å². The van der Waals surface area contributed by atoms with Crippen LogP contribution < -0.4 is 10.1 Å². The minimum atomic E-state index is -0.930. The van der Waals surface area contributed by atoms with Crippen molar-refractivity contribution in [3.8, 4) is 5.75 Å². The van der Waals surface area contributed by atoms with Crippen LogP contribution in [0.4, 0.5) is 5.69 Å². The molecule has 0 heterocycles. The van der Waals surface area contributed by atoms with E-state index < -0.39 is 5.97 Å². The largest absolute Gasteiger partial charge is 0.489 e. The first-order valence-electron chi connectivity index (χ1n) is 8.97. The molecule has 0 aliphatic carbocycles. The first kappa shape index (κ1) is 20.0. The van der Waals surface area contributed by atoms with Crippen LogP contribution >= 0.6 is 15.9 Å². The second-order valence-corrected chi connectivity index (χ2v) is 7.56. The van der Waals surface area contributed by atoms with E-state index in [1.807, 2.05) is 24.3 Å². The Balaban J connectivity index is 1.71. The van der Waals surface area contributed by atoms with Gasteiger partial charge in [-0.1, -0.05) is 40.2 Å². The van der Waals surface area contributed by atoms with Crippen molar-refractivity contribution < 1.29 is 14.6 Å². The van der Waals surface area contributed by atoms with Crippen molar-refractivity contribution in [3.05, 3.63) is 93.0 Å². The molecule has 0 amide bonds. The molecule has 0 atom stereocenters. The first-order valence-corrected chi connectivity index (χ1v) is 9.77. The first-order chi connectivity index (χ1) is 13.4. The standard InChI is InChI=1S/C23H22BrNO3/c1-15-4-3-5-21(16(15)2)25-13-19-12-20(24)10-11-22(19)28-14-17-6-8-18(9-7-17)23(26)27/h3-12,25H,13-14H2,1-2H3,(H,26,27). The predicted octanol–water partition coefficient (Wildman–Crippen LogP) is 5.96. The molecule has 3 aromatic carbocycles. The third kappa shape index (κ3) is 4.93. The summed E-state index contributed by atoms with van der Waals surface area (Å²) >= 11 is 3.53. The van der Waals surface area contributed by atoms with Gasteiger partial charge in [-0.25, -0.2) is 4.79 Å². The maximum atomic E-state index is 11.0. The molecule has 0 radical (unpaired) electrons. The quantitative estimate of drug-likeness (QED) is 0.476. The average Bonchev–Trinajstić information content (AvgIpc) is 2.68. The second-order valence-electron chi connectivity index (χ2n) is 6.64. The molecule has 4 nitrogen and oxygen atoms in total. The van der Waals surface area contributed by atoms with Crippen molar-refractivity contribution in [2.45, 2.75) is 27.0 Å². The summed E-state index contributed by atoms with van der Waals surface area (Å²) in [6, 6.07) is 18.9. The summed E-state index contributed by atoms with van der Waals surface area (Å²) in [4.78, 5) is 11.0. The van der Waals surface area contributed by atoms with Crippen molar-refractivity contribution in [1.29, 1.82) is 0 Å². The number of hydrogen-bond donors (Lipinski definition) is 2. The van der Waals surface area contributed by atoms with Gasteiger partial charge in [0.1, 0.15) is 12.4 Å². The fraction of sp³-hybridized carbons (Fsp3) is 0.174. The Kier molecular flexibility index (Phi) is 6.37. The number of anilines is 1. The van der Waals surface area contributed by atoms with Gasteiger partial charge in [0.05, 0.1) is 5.56 Å². The summed E-state index contributed by atoms with van der Waals surface area (Å²) in [6.07, 6.45) is 0. The number of benzene rings is 3. The highest BCUT2D eigenvalue weighted by Gasteiger charge is 2.08. The highest BCUT2D eigenvalue weighted by Crippen LogP contribution is 2.26. The number of ether oxygens (including phenoxy) is 1. The number of aromatic carboxylic acids is 1. The Bertz CT molecular complexity index is 984. The van der Waals surface area contributed by atoms with Gasteiger partial charge in [-0.2, -0.15) is 0 Å². The summed E-state index contributed by atoms with van der Waals surface area (Å²) in [5.41, 5.74) is 5.82. The van der Waals surface area contributed by atoms with Crippen molar-refractivity contribution in [1.82, 2.24) is 0 Å². The maximum absolute atomic E-state index is 11.0. The fourth-order valence-corrected chi connectivity index (χ4v) is 3.27. The molecule has 28 heavy (non-hydrogen) atoms. The molecular weight excluding hydrogens is 418 g/mol. The van der Waals surface area contributed by atoms with Crippen LogP contribution in [0.2, 0.25) is 0 Å². The topological polar surface area (TPSA) is 58.6 Å². The highest BCUT2D eigenvalue weighted by atomic mass is 79.9. The molecule has 0 spiro atoms. The van der Waals surface area contributed by atoms with Crippen LogP contribution in [-0.4, -0.2) is 11.1 Å². The van der Waals surface area contributed by atoms with E-state index in [2.05, 4.69) is 47.2 Å². The van der Waals surface area contributed by atoms with Gasteiger partial charge in [-0.15, -0.1) is 0 Å². The van der Waals surface area contributed by atoms with E-state index in [0.717, 1.165) is 27.0 Å². The zero-order valence-corrected chi connectivity index (χ0v) is 17.4. The normalized spacial score (nSPS) is 10.5. The summed E-state index contributed by atoms with van der Waals surface area (Å²) in [5.74, 6) is -0.136. The Hall–Kier alpha value is -2.79. The minimum Gasteiger partial charge on any atom is -0.489 e. The van der Waals surface area contributed by atoms with Crippen molar-refractivity contribution in [2.75, 3.05) is 5.32 Å². The number of hydrogen-bond acceptors (Lipinski definition) is 3. The minimum absolute atomic E-state index is 0.269. The van der Waals surface area contributed by atoms with Crippen molar-refractivity contribution in [2.24, 2.45) is 0 Å². The summed E-state index contributed by atoms with van der Waals surface area (Å²) in [6.45, 7) is 5.22. The van der Waals surface area contributed by atoms with Crippen LogP contribution in [0, 0.1) is 13.8 Å². The SMILES string of the molecule is Cc1cccc(NCc2cc(Br)ccc2OCc2ccc(C(=O)O)cc2)c1C. The number of carbonyl (C=O) groups is 1. The third-order valence-electron chi connectivity index (χ3n) is 4.69. The van der Waals surface area contributed by atoms with Crippen LogP contribution in [0.3, 0.4) is 0 Å². The molecule has 2 N–H and O–H groups in total. The monoisotopic (exact) mass is 439 g/mol. The molecule has 0 aliphatic heterocycles. The average molecular weight is 440 g/mol. The lowest BCUT2D eigenvalue weighted by Crippen LogP contribution is -2.05. The molecular formula is C23H22BrNO3. The van der Waals surface area contributed by atoms with Crippen LogP contribution in [0.5, 0.6) is 5.75 Å².